The fourth-order valence-electron chi connectivity index (χ4n) is 3.08. The minimum absolute atomic E-state index is 0. The van der Waals surface area contributed by atoms with Crippen molar-refractivity contribution in [3.63, 3.8) is 0 Å². The number of thioether (sulfide) groups is 1. The number of halogens is 1. The second kappa shape index (κ2) is 16.5. The summed E-state index contributed by atoms with van der Waals surface area (Å²) in [5.74, 6) is 1.79. The quantitative estimate of drug-likeness (QED) is 0.230. The fourth-order valence-corrected chi connectivity index (χ4v) is 3.89. The number of rotatable bonds is 11. The average Bonchev–Trinajstić information content (AvgIpc) is 3.15. The summed E-state index contributed by atoms with van der Waals surface area (Å²) >= 11 is 7.85. The van der Waals surface area contributed by atoms with E-state index < -0.39 is 12.1 Å². The van der Waals surface area contributed by atoms with E-state index >= 15 is 0 Å². The molecule has 1 aromatic carbocycles. The third kappa shape index (κ3) is 9.21. The second-order valence-corrected chi connectivity index (χ2v) is 8.04. The van der Waals surface area contributed by atoms with Crippen LogP contribution < -0.4 is 34.9 Å². The normalized spacial score (nSPS) is 12.2. The number of aromatic nitrogens is 3. The Hall–Kier alpha value is -1.13. The Bertz CT molecular complexity index is 1010. The van der Waals surface area contributed by atoms with E-state index in [-0.39, 0.29) is 36.2 Å². The van der Waals surface area contributed by atoms with Crippen LogP contribution in [0.25, 0.3) is 11.0 Å². The third-order valence-electron chi connectivity index (χ3n) is 4.58. The van der Waals surface area contributed by atoms with Crippen molar-refractivity contribution in [1.82, 2.24) is 19.9 Å². The van der Waals surface area contributed by atoms with Crippen LogP contribution in [0, 0.1) is 11.2 Å². The Labute approximate surface area is 226 Å². The molecule has 12 heteroatoms. The van der Waals surface area contributed by atoms with Gasteiger partial charge in [-0.2, -0.15) is 11.8 Å². The molecule has 3 rings (SSSR count). The van der Waals surface area contributed by atoms with E-state index in [0.29, 0.717) is 36.3 Å². The summed E-state index contributed by atoms with van der Waals surface area (Å²) in [5.41, 5.74) is 3.39. The van der Waals surface area contributed by atoms with Gasteiger partial charge in [0.25, 0.3) is 0 Å². The van der Waals surface area contributed by atoms with E-state index in [0.717, 1.165) is 16.6 Å². The van der Waals surface area contributed by atoms with Crippen molar-refractivity contribution in [2.75, 3.05) is 18.6 Å². The first-order valence-electron chi connectivity index (χ1n) is 9.76. The van der Waals surface area contributed by atoms with Crippen LogP contribution in [0.2, 0.25) is 5.15 Å². The summed E-state index contributed by atoms with van der Waals surface area (Å²) in [4.78, 5) is 8.46. The molecule has 0 aliphatic carbocycles. The van der Waals surface area contributed by atoms with E-state index in [1.807, 2.05) is 47.4 Å². The van der Waals surface area contributed by atoms with Gasteiger partial charge in [0, 0.05) is 24.1 Å². The number of ether oxygens (including phenoxy) is 1. The summed E-state index contributed by atoms with van der Waals surface area (Å²) in [6, 6.07) is 9.51. The minimum atomic E-state index is -0.643. The molecular formula is C21H25BClN5NaO3S. The van der Waals surface area contributed by atoms with Crippen LogP contribution >= 0.6 is 23.4 Å². The average molecular weight is 497 g/mol. The molecule has 169 valence electrons. The molecule has 0 aliphatic rings. The zero-order chi connectivity index (χ0) is 23.3. The Morgan fingerprint density at radius 3 is 2.67 bits per heavy atom. The monoisotopic (exact) mass is 496 g/mol. The van der Waals surface area contributed by atoms with Gasteiger partial charge in [0.1, 0.15) is 18.6 Å². The van der Waals surface area contributed by atoms with Crippen LogP contribution in [0.1, 0.15) is 11.1 Å². The van der Waals surface area contributed by atoms with Crippen molar-refractivity contribution in [1.29, 1.82) is 5.26 Å². The van der Waals surface area contributed by atoms with Gasteiger partial charge in [-0.1, -0.05) is 41.9 Å². The first kappa shape index (κ1) is 29.9. The van der Waals surface area contributed by atoms with Crippen molar-refractivity contribution in [2.24, 2.45) is 0 Å². The van der Waals surface area contributed by atoms with Gasteiger partial charge in [-0.25, -0.2) is 9.97 Å². The molecule has 0 fully saturated rings. The van der Waals surface area contributed by atoms with Gasteiger partial charge in [-0.05, 0) is 11.8 Å². The van der Waals surface area contributed by atoms with E-state index in [4.69, 9.17) is 21.6 Å². The summed E-state index contributed by atoms with van der Waals surface area (Å²) in [5, 5.41) is 30.4. The predicted molar refractivity (Wildman–Crippen MR) is 127 cm³/mol. The first-order chi connectivity index (χ1) is 15.5. The van der Waals surface area contributed by atoms with Crippen LogP contribution in [0.4, 0.5) is 0 Å². The molecule has 0 aliphatic heterocycles. The molecule has 3 radical (unpaired) electrons. The molecule has 3 aromatic rings. The van der Waals surface area contributed by atoms with Gasteiger partial charge >= 0.3 is 29.6 Å². The van der Waals surface area contributed by atoms with Crippen molar-refractivity contribution in [2.45, 2.75) is 32.0 Å². The molecule has 0 bridgehead atoms. The number of nitrogens with zero attached hydrogens (tertiary/aromatic N) is 4. The van der Waals surface area contributed by atoms with Crippen LogP contribution in [0.3, 0.4) is 0 Å². The molecule has 8 nitrogen and oxygen atoms in total. The number of hydrogen-bond donors (Lipinski definition) is 3. The third-order valence-corrected chi connectivity index (χ3v) is 5.53. The SMILES string of the molecule is CSC[C@@H](O)[C@@H](CO)NCc1cn(COCc2ccccc2)c2c(Cl)ncnc12.[B-]C#N.[Na+]. The van der Waals surface area contributed by atoms with E-state index in [9.17, 15) is 10.2 Å². The standard InChI is InChI=1S/C20H25ClN4O3S.CBN.Na/c1-29-11-17(27)16(9-26)22-7-15-8-25(19-18(15)23-12-24-20(19)21)13-28-10-14-5-3-2-4-6-14;2-1-3;/h2-6,8,12,16-17,22,26-27H,7,9-11,13H2,1H3;;/q;-1;+1/t16-,17-;;/m1../s1. The Morgan fingerprint density at radius 1 is 1.33 bits per heavy atom. The van der Waals surface area contributed by atoms with Crippen molar-refractivity contribution in [3.8, 4) is 5.97 Å². The van der Waals surface area contributed by atoms with Gasteiger partial charge in [-0.3, -0.25) is 11.2 Å². The van der Waals surface area contributed by atoms with Crippen LogP contribution in [-0.2, 0) is 24.6 Å². The predicted octanol–water partition coefficient (Wildman–Crippen LogP) is -0.927. The molecule has 3 N–H and O–H groups in total. The Kier molecular flexibility index (Phi) is 14.9. The van der Waals surface area contributed by atoms with Crippen LogP contribution in [-0.4, -0.2) is 63.4 Å². The molecule has 0 unspecified atom stereocenters. The van der Waals surface area contributed by atoms with E-state index in [1.165, 1.54) is 24.1 Å². The van der Waals surface area contributed by atoms with Gasteiger partial charge in [0.2, 0.25) is 0 Å². The zero-order valence-electron chi connectivity index (χ0n) is 18.7. The van der Waals surface area contributed by atoms with Gasteiger partial charge in [0.05, 0.1) is 30.9 Å². The van der Waals surface area contributed by atoms with Crippen LogP contribution in [0.5, 0.6) is 0 Å². The molecular weight excluding hydrogens is 472 g/mol. The number of hydrogen-bond acceptors (Lipinski definition) is 8. The smallest absolute Gasteiger partial charge is 0.466 e. The number of aliphatic hydroxyl groups excluding tert-OH is 2. The Balaban J connectivity index is 0.00000129. The zero-order valence-corrected chi connectivity index (χ0v) is 22.3. The summed E-state index contributed by atoms with van der Waals surface area (Å²) < 4.78 is 7.72. The maximum atomic E-state index is 10.2. The molecule has 2 atom stereocenters. The summed E-state index contributed by atoms with van der Waals surface area (Å²) in [6.07, 6.45) is 4.61. The Morgan fingerprint density at radius 2 is 2.03 bits per heavy atom. The van der Waals surface area contributed by atoms with Crippen molar-refractivity contribution in [3.05, 3.63) is 59.1 Å². The number of benzene rings is 1. The minimum Gasteiger partial charge on any atom is -0.466 e. The molecule has 0 saturated carbocycles. The fraction of sp³-hybridized carbons (Fsp3) is 0.381. The second-order valence-electron chi connectivity index (χ2n) is 6.77. The largest absolute Gasteiger partial charge is 1.00 e. The van der Waals surface area contributed by atoms with Gasteiger partial charge in [-0.15, -0.1) is 0 Å². The van der Waals surface area contributed by atoms with Crippen LogP contribution in [0.15, 0.2) is 42.9 Å². The molecule has 2 aromatic heterocycles. The number of aliphatic hydroxyl groups is 2. The van der Waals surface area contributed by atoms with Gasteiger partial charge < -0.3 is 32.7 Å². The molecule has 33 heavy (non-hydrogen) atoms. The molecule has 2 heterocycles. The molecule has 0 amide bonds. The molecule has 0 spiro atoms. The number of nitrogens with one attached hydrogen (secondary N) is 1. The number of fused-ring (bicyclic) bond motifs is 1. The molecule has 0 saturated heterocycles. The topological polar surface area (TPSA) is 116 Å². The maximum Gasteiger partial charge on any atom is 1.00 e. The van der Waals surface area contributed by atoms with E-state index in [1.54, 1.807) is 0 Å². The maximum absolute atomic E-state index is 10.2. The summed E-state index contributed by atoms with van der Waals surface area (Å²) in [7, 11) is 4.15. The van der Waals surface area contributed by atoms with Crippen molar-refractivity contribution < 1.29 is 44.5 Å². The van der Waals surface area contributed by atoms with E-state index in [2.05, 4.69) is 23.1 Å². The summed E-state index contributed by atoms with van der Waals surface area (Å²) in [6.45, 7) is 1.05. The first-order valence-corrected chi connectivity index (χ1v) is 11.5. The van der Waals surface area contributed by atoms with Gasteiger partial charge in [0.15, 0.2) is 5.15 Å². The number of nitriles is 1. The van der Waals surface area contributed by atoms with Crippen molar-refractivity contribution >= 4 is 42.2 Å².